The summed E-state index contributed by atoms with van der Waals surface area (Å²) in [5, 5.41) is 0. The monoisotopic (exact) mass is 326 g/mol. The quantitative estimate of drug-likeness (QED) is 0.628. The molecule has 1 aromatic rings. The standard InChI is InChI=1S/C8H8Br.BrH.Zn/c1-2-7-3-5-8(9)6-4-7;;/h3-6H,1-2H2;1H;/p-1. The van der Waals surface area contributed by atoms with E-state index in [4.69, 9.17) is 0 Å². The van der Waals surface area contributed by atoms with Gasteiger partial charge in [0.05, 0.1) is 0 Å². The maximum absolute atomic E-state index is 3.77. The Morgan fingerprint density at radius 3 is 2.00 bits per heavy atom. The molecule has 0 aliphatic heterocycles. The minimum absolute atomic E-state index is 0. The second kappa shape index (κ2) is 7.45. The van der Waals surface area contributed by atoms with E-state index in [2.05, 4.69) is 35.0 Å². The van der Waals surface area contributed by atoms with Crippen LogP contribution in [0.1, 0.15) is 5.56 Å². The first-order valence-corrected chi connectivity index (χ1v) is 3.66. The average molecular weight is 329 g/mol. The van der Waals surface area contributed by atoms with Crippen molar-refractivity contribution in [1.29, 1.82) is 0 Å². The molecule has 0 spiro atoms. The molecule has 0 aliphatic rings. The van der Waals surface area contributed by atoms with Crippen LogP contribution in [0.2, 0.25) is 0 Å². The van der Waals surface area contributed by atoms with E-state index in [0.29, 0.717) is 0 Å². The molecule has 0 amide bonds. The van der Waals surface area contributed by atoms with Gasteiger partial charge in [-0.15, -0.1) is 0 Å². The average Bonchev–Trinajstić information content (AvgIpc) is 1.90. The van der Waals surface area contributed by atoms with Crippen LogP contribution < -0.4 is 17.0 Å². The van der Waals surface area contributed by atoms with Crippen LogP contribution in [-0.4, -0.2) is 0 Å². The summed E-state index contributed by atoms with van der Waals surface area (Å²) < 4.78 is 1.12. The van der Waals surface area contributed by atoms with E-state index in [1.165, 1.54) is 5.56 Å². The summed E-state index contributed by atoms with van der Waals surface area (Å²) in [5.74, 6) is 0. The normalized spacial score (nSPS) is 7.82. The van der Waals surface area contributed by atoms with E-state index in [1.807, 2.05) is 12.1 Å². The Balaban J connectivity index is 0. The summed E-state index contributed by atoms with van der Waals surface area (Å²) in [4.78, 5) is 0. The SMILES string of the molecule is [Br-].[CH2]Cc1ccc(Br)cc1.[Zn]. The first-order chi connectivity index (χ1) is 4.33. The molecule has 11 heavy (non-hydrogen) atoms. The number of rotatable bonds is 1. The van der Waals surface area contributed by atoms with Crippen LogP contribution in [-0.2, 0) is 25.9 Å². The van der Waals surface area contributed by atoms with Gasteiger partial charge in [-0.05, 0) is 31.0 Å². The molecule has 0 heterocycles. The largest absolute Gasteiger partial charge is 1.00 e. The Morgan fingerprint density at radius 1 is 1.18 bits per heavy atom. The first kappa shape index (κ1) is 14.3. The molecule has 0 unspecified atom stereocenters. The van der Waals surface area contributed by atoms with Crippen molar-refractivity contribution < 1.29 is 36.5 Å². The Kier molecular flexibility index (Phi) is 9.71. The predicted molar refractivity (Wildman–Crippen MR) is 43.2 cm³/mol. The number of hydrogen-bond acceptors (Lipinski definition) is 0. The summed E-state index contributed by atoms with van der Waals surface area (Å²) in [7, 11) is 0. The first-order valence-electron chi connectivity index (χ1n) is 2.86. The third kappa shape index (κ3) is 5.11. The van der Waals surface area contributed by atoms with Crippen LogP contribution in [0.15, 0.2) is 28.7 Å². The number of benzene rings is 1. The van der Waals surface area contributed by atoms with Gasteiger partial charge in [-0.1, -0.05) is 28.1 Å². The minimum Gasteiger partial charge on any atom is -1.00 e. The summed E-state index contributed by atoms with van der Waals surface area (Å²) >= 11 is 3.35. The zero-order valence-electron chi connectivity index (χ0n) is 6.19. The molecular weight excluding hydrogens is 321 g/mol. The fraction of sp³-hybridized carbons (Fsp3) is 0.125. The molecule has 0 saturated heterocycles. The van der Waals surface area contributed by atoms with Crippen LogP contribution in [0.5, 0.6) is 0 Å². The summed E-state index contributed by atoms with van der Waals surface area (Å²) in [6, 6.07) is 8.19. The van der Waals surface area contributed by atoms with Gasteiger partial charge >= 0.3 is 0 Å². The van der Waals surface area contributed by atoms with Crippen molar-refractivity contribution in [2.45, 2.75) is 6.42 Å². The van der Waals surface area contributed by atoms with Crippen molar-refractivity contribution >= 4 is 15.9 Å². The van der Waals surface area contributed by atoms with Crippen LogP contribution >= 0.6 is 15.9 Å². The smallest absolute Gasteiger partial charge is 0.0175 e. The Morgan fingerprint density at radius 2 is 1.64 bits per heavy atom. The number of hydrogen-bond donors (Lipinski definition) is 0. The van der Waals surface area contributed by atoms with Crippen molar-refractivity contribution in [2.24, 2.45) is 0 Å². The van der Waals surface area contributed by atoms with Gasteiger partial charge in [-0.2, -0.15) is 0 Å². The van der Waals surface area contributed by atoms with E-state index in [1.54, 1.807) is 0 Å². The Labute approximate surface area is 99.4 Å². The Hall–Kier alpha value is 0.803. The van der Waals surface area contributed by atoms with Gasteiger partial charge in [0.1, 0.15) is 0 Å². The third-order valence-electron chi connectivity index (χ3n) is 1.20. The van der Waals surface area contributed by atoms with Crippen molar-refractivity contribution in [1.82, 2.24) is 0 Å². The van der Waals surface area contributed by atoms with E-state index >= 15 is 0 Å². The molecule has 0 N–H and O–H groups in total. The molecule has 0 aromatic heterocycles. The predicted octanol–water partition coefficient (Wildman–Crippen LogP) is -0.173. The topological polar surface area (TPSA) is 0 Å². The molecular formula is C8H8Br2Zn-. The van der Waals surface area contributed by atoms with E-state index < -0.39 is 0 Å². The summed E-state index contributed by atoms with van der Waals surface area (Å²) in [6.07, 6.45) is 0.868. The molecule has 0 atom stereocenters. The molecule has 0 aliphatic carbocycles. The zero-order chi connectivity index (χ0) is 6.69. The molecule has 1 radical (unpaired) electrons. The molecule has 3 heteroatoms. The van der Waals surface area contributed by atoms with Gasteiger partial charge < -0.3 is 17.0 Å². The van der Waals surface area contributed by atoms with Gasteiger partial charge in [0, 0.05) is 24.0 Å². The molecule has 0 fully saturated rings. The molecule has 57 valence electrons. The molecule has 0 nitrogen and oxygen atoms in total. The van der Waals surface area contributed by atoms with Gasteiger partial charge in [0.2, 0.25) is 0 Å². The van der Waals surface area contributed by atoms with Crippen LogP contribution in [0.4, 0.5) is 0 Å². The van der Waals surface area contributed by atoms with Crippen LogP contribution in [0.25, 0.3) is 0 Å². The van der Waals surface area contributed by atoms with Crippen LogP contribution in [0, 0.1) is 6.92 Å². The molecule has 1 aromatic carbocycles. The second-order valence-electron chi connectivity index (χ2n) is 1.88. The summed E-state index contributed by atoms with van der Waals surface area (Å²) in [6.45, 7) is 3.77. The molecule has 1 rings (SSSR count). The number of halogens is 2. The third-order valence-corrected chi connectivity index (χ3v) is 1.73. The molecule has 0 saturated carbocycles. The van der Waals surface area contributed by atoms with Gasteiger partial charge in [-0.25, -0.2) is 0 Å². The van der Waals surface area contributed by atoms with Crippen molar-refractivity contribution in [3.63, 3.8) is 0 Å². The maximum Gasteiger partial charge on any atom is 0.0175 e. The fourth-order valence-corrected chi connectivity index (χ4v) is 0.915. The van der Waals surface area contributed by atoms with Gasteiger partial charge in [-0.3, -0.25) is 0 Å². The fourth-order valence-electron chi connectivity index (χ4n) is 0.651. The van der Waals surface area contributed by atoms with Crippen molar-refractivity contribution in [2.75, 3.05) is 0 Å². The van der Waals surface area contributed by atoms with Gasteiger partial charge in [0.25, 0.3) is 0 Å². The maximum atomic E-state index is 3.77. The second-order valence-corrected chi connectivity index (χ2v) is 2.79. The van der Waals surface area contributed by atoms with Crippen molar-refractivity contribution in [3.8, 4) is 0 Å². The molecule has 0 bridgehead atoms. The summed E-state index contributed by atoms with van der Waals surface area (Å²) in [5.41, 5.74) is 1.28. The van der Waals surface area contributed by atoms with Crippen molar-refractivity contribution in [3.05, 3.63) is 41.2 Å². The minimum atomic E-state index is 0. The van der Waals surface area contributed by atoms with E-state index in [9.17, 15) is 0 Å². The van der Waals surface area contributed by atoms with Gasteiger partial charge in [0.15, 0.2) is 0 Å². The zero-order valence-corrected chi connectivity index (χ0v) is 12.3. The van der Waals surface area contributed by atoms with E-state index in [-0.39, 0.29) is 36.5 Å². The Bertz CT molecular complexity index is 184. The van der Waals surface area contributed by atoms with Crippen LogP contribution in [0.3, 0.4) is 0 Å². The van der Waals surface area contributed by atoms with E-state index in [0.717, 1.165) is 10.9 Å².